The second-order valence-corrected chi connectivity index (χ2v) is 9.00. The van der Waals surface area contributed by atoms with Crippen molar-refractivity contribution in [3.05, 3.63) is 76.6 Å². The average Bonchev–Trinajstić information content (AvgIpc) is 3.00. The summed E-state index contributed by atoms with van der Waals surface area (Å²) >= 11 is 6.44. The van der Waals surface area contributed by atoms with E-state index >= 15 is 0 Å². The van der Waals surface area contributed by atoms with Crippen LogP contribution >= 0.6 is 11.6 Å². The Morgan fingerprint density at radius 3 is 2.48 bits per heavy atom. The minimum atomic E-state index is -3.65. The van der Waals surface area contributed by atoms with Gasteiger partial charge >= 0.3 is 5.97 Å². The molecule has 2 aromatic carbocycles. The second-order valence-electron chi connectivity index (χ2n) is 6.49. The molecule has 0 spiro atoms. The zero-order chi connectivity index (χ0) is 21.2. The quantitative estimate of drug-likeness (QED) is 0.556. The fourth-order valence-corrected chi connectivity index (χ4v) is 3.93. The first-order chi connectivity index (χ1) is 13.7. The SMILES string of the molecule is Cc1nn(-c2ccccc2)c(Cl)c1COC(=O)c1cccc(S(=O)(=O)N(C)C)c1. The van der Waals surface area contributed by atoms with Gasteiger partial charge in [-0.2, -0.15) is 5.10 Å². The Morgan fingerprint density at radius 1 is 1.14 bits per heavy atom. The first kappa shape index (κ1) is 21.0. The lowest BCUT2D eigenvalue weighted by Gasteiger charge is -2.12. The predicted molar refractivity (Wildman–Crippen MR) is 110 cm³/mol. The van der Waals surface area contributed by atoms with Crippen LogP contribution in [-0.2, 0) is 21.4 Å². The largest absolute Gasteiger partial charge is 0.457 e. The van der Waals surface area contributed by atoms with E-state index < -0.39 is 16.0 Å². The highest BCUT2D eigenvalue weighted by Gasteiger charge is 2.20. The number of nitrogens with zero attached hydrogens (tertiary/aromatic N) is 3. The average molecular weight is 434 g/mol. The Bertz CT molecular complexity index is 1140. The maximum atomic E-state index is 12.5. The topological polar surface area (TPSA) is 81.5 Å². The van der Waals surface area contributed by atoms with Crippen LogP contribution in [0, 0.1) is 6.92 Å². The first-order valence-corrected chi connectivity index (χ1v) is 10.5. The van der Waals surface area contributed by atoms with Gasteiger partial charge in [-0.05, 0) is 37.3 Å². The van der Waals surface area contributed by atoms with E-state index in [1.54, 1.807) is 11.6 Å². The number of benzene rings is 2. The highest BCUT2D eigenvalue weighted by Crippen LogP contribution is 2.24. The zero-order valence-electron chi connectivity index (χ0n) is 16.2. The van der Waals surface area contributed by atoms with E-state index in [0.29, 0.717) is 16.4 Å². The number of hydrogen-bond donors (Lipinski definition) is 0. The molecule has 0 atom stereocenters. The van der Waals surface area contributed by atoms with Crippen LogP contribution in [0.1, 0.15) is 21.6 Å². The van der Waals surface area contributed by atoms with Crippen LogP contribution in [0.2, 0.25) is 5.15 Å². The third kappa shape index (κ3) is 4.34. The van der Waals surface area contributed by atoms with Crippen LogP contribution in [0.3, 0.4) is 0 Å². The molecule has 0 unspecified atom stereocenters. The number of aromatic nitrogens is 2. The Labute approximate surface area is 174 Å². The minimum Gasteiger partial charge on any atom is -0.457 e. The zero-order valence-corrected chi connectivity index (χ0v) is 17.7. The van der Waals surface area contributed by atoms with Crippen molar-refractivity contribution in [1.29, 1.82) is 0 Å². The molecule has 1 heterocycles. The van der Waals surface area contributed by atoms with Crippen molar-refractivity contribution in [2.24, 2.45) is 0 Å². The van der Waals surface area contributed by atoms with E-state index in [1.165, 1.54) is 38.4 Å². The summed E-state index contributed by atoms with van der Waals surface area (Å²) in [6.07, 6.45) is 0. The number of rotatable bonds is 6. The van der Waals surface area contributed by atoms with Crippen molar-refractivity contribution in [3.8, 4) is 5.69 Å². The van der Waals surface area contributed by atoms with E-state index in [2.05, 4.69) is 5.10 Å². The van der Waals surface area contributed by atoms with Crippen molar-refractivity contribution < 1.29 is 17.9 Å². The van der Waals surface area contributed by atoms with Gasteiger partial charge in [-0.3, -0.25) is 0 Å². The van der Waals surface area contributed by atoms with Crippen molar-refractivity contribution in [2.75, 3.05) is 14.1 Å². The maximum absolute atomic E-state index is 12.5. The lowest BCUT2D eigenvalue weighted by atomic mass is 10.2. The molecule has 0 aliphatic heterocycles. The summed E-state index contributed by atoms with van der Waals surface area (Å²) in [5.74, 6) is -0.649. The van der Waals surface area contributed by atoms with Gasteiger partial charge in [0.15, 0.2) is 0 Å². The molecule has 0 saturated heterocycles. The number of esters is 1. The van der Waals surface area contributed by atoms with Gasteiger partial charge in [0.2, 0.25) is 10.0 Å². The fraction of sp³-hybridized carbons (Fsp3) is 0.200. The van der Waals surface area contributed by atoms with Gasteiger partial charge in [0, 0.05) is 19.7 Å². The third-order valence-corrected chi connectivity index (χ3v) is 6.52. The molecule has 7 nitrogen and oxygen atoms in total. The Morgan fingerprint density at radius 2 is 1.83 bits per heavy atom. The highest BCUT2D eigenvalue weighted by molar-refractivity contribution is 7.89. The van der Waals surface area contributed by atoms with Crippen molar-refractivity contribution in [1.82, 2.24) is 14.1 Å². The number of carbonyl (C=O) groups is 1. The fourth-order valence-electron chi connectivity index (χ4n) is 2.65. The molecule has 0 amide bonds. The molecule has 152 valence electrons. The standard InChI is InChI=1S/C20H20ClN3O4S/c1-14-18(19(21)24(22-14)16-9-5-4-6-10-16)13-28-20(25)15-8-7-11-17(12-15)29(26,27)23(2)3/h4-12H,13H2,1-3H3. The van der Waals surface area contributed by atoms with Gasteiger partial charge in [-0.25, -0.2) is 22.2 Å². The number of sulfonamides is 1. The summed E-state index contributed by atoms with van der Waals surface area (Å²) < 4.78 is 32.5. The van der Waals surface area contributed by atoms with Crippen molar-refractivity contribution in [2.45, 2.75) is 18.4 Å². The smallest absolute Gasteiger partial charge is 0.338 e. The molecule has 3 aromatic rings. The van der Waals surface area contributed by atoms with E-state index in [1.807, 2.05) is 30.3 Å². The van der Waals surface area contributed by atoms with Gasteiger partial charge in [0.05, 0.1) is 21.8 Å². The molecule has 0 fully saturated rings. The van der Waals surface area contributed by atoms with Crippen LogP contribution in [0.4, 0.5) is 0 Å². The molecule has 0 aliphatic rings. The lowest BCUT2D eigenvalue weighted by Crippen LogP contribution is -2.22. The monoisotopic (exact) mass is 433 g/mol. The molecule has 1 aromatic heterocycles. The van der Waals surface area contributed by atoms with Crippen LogP contribution in [0.5, 0.6) is 0 Å². The third-order valence-electron chi connectivity index (χ3n) is 4.32. The number of hydrogen-bond acceptors (Lipinski definition) is 5. The molecule has 9 heteroatoms. The maximum Gasteiger partial charge on any atom is 0.338 e. The highest BCUT2D eigenvalue weighted by atomic mass is 35.5. The van der Waals surface area contributed by atoms with Crippen molar-refractivity contribution >= 4 is 27.6 Å². The molecule has 0 saturated carbocycles. The Hall–Kier alpha value is -2.68. The molecule has 0 aliphatic carbocycles. The summed E-state index contributed by atoms with van der Waals surface area (Å²) in [6, 6.07) is 15.1. The molecule has 0 N–H and O–H groups in total. The summed E-state index contributed by atoms with van der Waals surface area (Å²) in [5, 5.41) is 4.76. The second kappa shape index (κ2) is 8.36. The van der Waals surface area contributed by atoms with E-state index in [-0.39, 0.29) is 17.1 Å². The number of aryl methyl sites for hydroxylation is 1. The molecule has 0 radical (unpaired) electrons. The number of ether oxygens (including phenoxy) is 1. The molecular weight excluding hydrogens is 414 g/mol. The van der Waals surface area contributed by atoms with Crippen LogP contribution < -0.4 is 0 Å². The first-order valence-electron chi connectivity index (χ1n) is 8.71. The van der Waals surface area contributed by atoms with Gasteiger partial charge < -0.3 is 4.74 Å². The van der Waals surface area contributed by atoms with Crippen molar-refractivity contribution in [3.63, 3.8) is 0 Å². The lowest BCUT2D eigenvalue weighted by molar-refractivity contribution is 0.0472. The van der Waals surface area contributed by atoms with Gasteiger partial charge in [-0.1, -0.05) is 35.9 Å². The van der Waals surface area contributed by atoms with E-state index in [9.17, 15) is 13.2 Å². The summed E-state index contributed by atoms with van der Waals surface area (Å²) in [6.45, 7) is 1.69. The normalized spacial score (nSPS) is 11.6. The van der Waals surface area contributed by atoms with E-state index in [4.69, 9.17) is 16.3 Å². The predicted octanol–water partition coefficient (Wildman–Crippen LogP) is 3.44. The molecule has 3 rings (SSSR count). The molecular formula is C20H20ClN3O4S. The van der Waals surface area contributed by atoms with Gasteiger partial charge in [0.1, 0.15) is 11.8 Å². The summed E-state index contributed by atoms with van der Waals surface area (Å²) in [5.41, 5.74) is 2.15. The van der Waals surface area contributed by atoms with Crippen LogP contribution in [0.25, 0.3) is 5.69 Å². The minimum absolute atomic E-state index is 0.0167. The Kier molecular flexibility index (Phi) is 6.07. The summed E-state index contributed by atoms with van der Waals surface area (Å²) in [7, 11) is -0.797. The molecule has 0 bridgehead atoms. The Balaban J connectivity index is 1.80. The van der Waals surface area contributed by atoms with Crippen LogP contribution in [-0.4, -0.2) is 42.6 Å². The number of halogens is 1. The molecule has 29 heavy (non-hydrogen) atoms. The number of carbonyl (C=O) groups excluding carboxylic acids is 1. The van der Waals surface area contributed by atoms with Gasteiger partial charge in [-0.15, -0.1) is 0 Å². The van der Waals surface area contributed by atoms with Crippen LogP contribution in [0.15, 0.2) is 59.5 Å². The van der Waals surface area contributed by atoms with Gasteiger partial charge in [0.25, 0.3) is 0 Å². The number of para-hydroxylation sites is 1. The summed E-state index contributed by atoms with van der Waals surface area (Å²) in [4.78, 5) is 12.5. The van der Waals surface area contributed by atoms with E-state index in [0.717, 1.165) is 9.99 Å².